The lowest BCUT2D eigenvalue weighted by Gasteiger charge is -2.08. The molecule has 0 saturated carbocycles. The molecule has 0 atom stereocenters. The van der Waals surface area contributed by atoms with Crippen LogP contribution >= 0.6 is 11.3 Å². The van der Waals surface area contributed by atoms with E-state index in [9.17, 15) is 19.3 Å². The summed E-state index contributed by atoms with van der Waals surface area (Å²) in [6.07, 6.45) is 0. The summed E-state index contributed by atoms with van der Waals surface area (Å²) in [5.41, 5.74) is 0.354. The minimum Gasteiger partial charge on any atom is -0.465 e. The van der Waals surface area contributed by atoms with Gasteiger partial charge in [-0.05, 0) is 24.3 Å². The predicted octanol–water partition coefficient (Wildman–Crippen LogP) is 3.19. The summed E-state index contributed by atoms with van der Waals surface area (Å²) in [4.78, 5) is 22.2. The summed E-state index contributed by atoms with van der Waals surface area (Å²) >= 11 is 1.01. The first-order chi connectivity index (χ1) is 10.0. The molecule has 0 saturated heterocycles. The highest BCUT2D eigenvalue weighted by Gasteiger charge is 2.12. The van der Waals surface area contributed by atoms with Gasteiger partial charge < -0.3 is 10.1 Å². The number of anilines is 1. The Morgan fingerprint density at radius 1 is 1.43 bits per heavy atom. The van der Waals surface area contributed by atoms with E-state index in [-0.39, 0.29) is 22.8 Å². The second-order valence-electron chi connectivity index (χ2n) is 4.04. The number of nitrogens with one attached hydrogen (secondary N) is 1. The molecule has 0 bridgehead atoms. The minimum absolute atomic E-state index is 0.0237. The Kier molecular flexibility index (Phi) is 4.49. The first-order valence-electron chi connectivity index (χ1n) is 5.86. The second kappa shape index (κ2) is 6.31. The second-order valence-corrected chi connectivity index (χ2v) is 5.18. The van der Waals surface area contributed by atoms with Crippen molar-refractivity contribution < 1.29 is 18.8 Å². The van der Waals surface area contributed by atoms with E-state index in [1.54, 1.807) is 6.07 Å². The van der Waals surface area contributed by atoms with Gasteiger partial charge in [0.05, 0.1) is 23.3 Å². The number of esters is 1. The smallest absolute Gasteiger partial charge is 0.337 e. The summed E-state index contributed by atoms with van der Waals surface area (Å²) in [7, 11) is 1.24. The molecule has 0 unspecified atom stereocenters. The number of rotatable bonds is 5. The van der Waals surface area contributed by atoms with Crippen molar-refractivity contribution in [3.63, 3.8) is 0 Å². The number of halogens is 1. The topological polar surface area (TPSA) is 81.5 Å². The first kappa shape index (κ1) is 14.9. The van der Waals surface area contributed by atoms with Gasteiger partial charge in [0.2, 0.25) is 0 Å². The zero-order chi connectivity index (χ0) is 15.4. The molecule has 0 spiro atoms. The van der Waals surface area contributed by atoms with Crippen molar-refractivity contribution in [1.29, 1.82) is 0 Å². The third-order valence-electron chi connectivity index (χ3n) is 2.67. The molecule has 21 heavy (non-hydrogen) atoms. The van der Waals surface area contributed by atoms with E-state index in [4.69, 9.17) is 0 Å². The van der Waals surface area contributed by atoms with E-state index in [0.717, 1.165) is 17.4 Å². The molecule has 8 heteroatoms. The third-order valence-corrected chi connectivity index (χ3v) is 3.70. The monoisotopic (exact) mass is 310 g/mol. The van der Waals surface area contributed by atoms with Gasteiger partial charge in [0.15, 0.2) is 0 Å². The number of benzene rings is 1. The fourth-order valence-corrected chi connectivity index (χ4v) is 2.41. The SMILES string of the molecule is COC(=O)c1ccc(F)c(NCc2ccc([N+](=O)[O-])s2)c1. The fraction of sp³-hybridized carbons (Fsp3) is 0.154. The molecule has 0 aliphatic heterocycles. The molecular weight excluding hydrogens is 299 g/mol. The Balaban J connectivity index is 2.11. The molecule has 2 rings (SSSR count). The number of carbonyl (C=O) groups is 1. The fourth-order valence-electron chi connectivity index (χ4n) is 1.65. The van der Waals surface area contributed by atoms with Crippen LogP contribution in [0.15, 0.2) is 30.3 Å². The highest BCUT2D eigenvalue weighted by molar-refractivity contribution is 7.15. The summed E-state index contributed by atoms with van der Waals surface area (Å²) < 4.78 is 18.2. The molecule has 110 valence electrons. The van der Waals surface area contributed by atoms with Crippen LogP contribution in [-0.4, -0.2) is 18.0 Å². The standard InChI is InChI=1S/C13H11FN2O4S/c1-20-13(17)8-2-4-10(14)11(6-8)15-7-9-3-5-12(21-9)16(18)19/h2-6,15H,7H2,1H3. The lowest BCUT2D eigenvalue weighted by atomic mass is 10.2. The Bertz CT molecular complexity index is 687. The zero-order valence-corrected chi connectivity index (χ0v) is 11.8. The number of nitrogens with zero attached hydrogens (tertiary/aromatic N) is 1. The number of hydrogen-bond acceptors (Lipinski definition) is 6. The number of nitro groups is 1. The largest absolute Gasteiger partial charge is 0.465 e. The Morgan fingerprint density at radius 2 is 2.19 bits per heavy atom. The van der Waals surface area contributed by atoms with Gasteiger partial charge in [-0.1, -0.05) is 11.3 Å². The van der Waals surface area contributed by atoms with Crippen molar-refractivity contribution >= 4 is 28.0 Å². The molecule has 2 aromatic rings. The lowest BCUT2D eigenvalue weighted by Crippen LogP contribution is -2.05. The van der Waals surface area contributed by atoms with E-state index >= 15 is 0 Å². The van der Waals surface area contributed by atoms with Crippen LogP contribution in [-0.2, 0) is 11.3 Å². The Morgan fingerprint density at radius 3 is 2.81 bits per heavy atom. The predicted molar refractivity (Wildman–Crippen MR) is 76.0 cm³/mol. The van der Waals surface area contributed by atoms with E-state index in [0.29, 0.717) is 4.88 Å². The molecule has 1 N–H and O–H groups in total. The van der Waals surface area contributed by atoms with Crippen LogP contribution in [0.2, 0.25) is 0 Å². The van der Waals surface area contributed by atoms with Crippen LogP contribution in [0, 0.1) is 15.9 Å². The first-order valence-corrected chi connectivity index (χ1v) is 6.67. The van der Waals surface area contributed by atoms with Gasteiger partial charge in [0.1, 0.15) is 5.82 Å². The third kappa shape index (κ3) is 3.54. The highest BCUT2D eigenvalue weighted by atomic mass is 32.1. The lowest BCUT2D eigenvalue weighted by molar-refractivity contribution is -0.380. The van der Waals surface area contributed by atoms with E-state index in [2.05, 4.69) is 10.1 Å². The van der Waals surface area contributed by atoms with Gasteiger partial charge >= 0.3 is 11.0 Å². The van der Waals surface area contributed by atoms with Crippen LogP contribution in [0.3, 0.4) is 0 Å². The molecule has 1 aromatic heterocycles. The average Bonchev–Trinajstić information content (AvgIpc) is 2.94. The van der Waals surface area contributed by atoms with Crippen LogP contribution < -0.4 is 5.32 Å². The van der Waals surface area contributed by atoms with Gasteiger partial charge in [-0.25, -0.2) is 9.18 Å². The number of ether oxygens (including phenoxy) is 1. The van der Waals surface area contributed by atoms with E-state index in [1.807, 2.05) is 0 Å². The van der Waals surface area contributed by atoms with Gasteiger partial charge in [-0.2, -0.15) is 0 Å². The highest BCUT2D eigenvalue weighted by Crippen LogP contribution is 2.25. The molecule has 0 aliphatic rings. The molecule has 0 aliphatic carbocycles. The van der Waals surface area contributed by atoms with Crippen molar-refractivity contribution in [2.45, 2.75) is 6.54 Å². The van der Waals surface area contributed by atoms with E-state index < -0.39 is 16.7 Å². The van der Waals surface area contributed by atoms with E-state index in [1.165, 1.54) is 25.3 Å². The molecule has 6 nitrogen and oxygen atoms in total. The molecule has 0 radical (unpaired) electrons. The van der Waals surface area contributed by atoms with Crippen LogP contribution in [0.1, 0.15) is 15.2 Å². The number of hydrogen-bond donors (Lipinski definition) is 1. The quantitative estimate of drug-likeness (QED) is 0.521. The van der Waals surface area contributed by atoms with Crippen molar-refractivity contribution in [2.75, 3.05) is 12.4 Å². The van der Waals surface area contributed by atoms with Crippen molar-refractivity contribution in [2.24, 2.45) is 0 Å². The number of carbonyl (C=O) groups excluding carboxylic acids is 1. The van der Waals surface area contributed by atoms with Crippen molar-refractivity contribution in [3.8, 4) is 0 Å². The van der Waals surface area contributed by atoms with Gasteiger partial charge in [0.25, 0.3) is 0 Å². The molecule has 0 amide bonds. The summed E-state index contributed by atoms with van der Waals surface area (Å²) in [5.74, 6) is -1.08. The summed E-state index contributed by atoms with van der Waals surface area (Å²) in [6, 6.07) is 6.80. The summed E-state index contributed by atoms with van der Waals surface area (Å²) in [5, 5.41) is 13.4. The van der Waals surface area contributed by atoms with Crippen molar-refractivity contribution in [3.05, 3.63) is 56.7 Å². The van der Waals surface area contributed by atoms with Crippen LogP contribution in [0.4, 0.5) is 15.1 Å². The Hall–Kier alpha value is -2.48. The zero-order valence-electron chi connectivity index (χ0n) is 11.0. The van der Waals surface area contributed by atoms with Gasteiger partial charge in [-0.15, -0.1) is 0 Å². The van der Waals surface area contributed by atoms with Crippen LogP contribution in [0.5, 0.6) is 0 Å². The molecule has 0 fully saturated rings. The van der Waals surface area contributed by atoms with Gasteiger partial charge in [-0.3, -0.25) is 10.1 Å². The maximum atomic E-state index is 13.7. The van der Waals surface area contributed by atoms with Crippen LogP contribution in [0.25, 0.3) is 0 Å². The van der Waals surface area contributed by atoms with Gasteiger partial charge in [0, 0.05) is 17.5 Å². The maximum absolute atomic E-state index is 13.7. The normalized spacial score (nSPS) is 10.2. The maximum Gasteiger partial charge on any atom is 0.337 e. The number of methoxy groups -OCH3 is 1. The minimum atomic E-state index is -0.565. The molecule has 1 heterocycles. The average molecular weight is 310 g/mol. The summed E-state index contributed by atoms with van der Waals surface area (Å²) in [6.45, 7) is 0.222. The molecule has 1 aromatic carbocycles. The number of thiophene rings is 1. The van der Waals surface area contributed by atoms with Crippen molar-refractivity contribution in [1.82, 2.24) is 0 Å². The Labute approximate surface area is 123 Å². The molecular formula is C13H11FN2O4S.